The fraction of sp³-hybridized carbons (Fsp3) is 1.00. The summed E-state index contributed by atoms with van der Waals surface area (Å²) in [7, 11) is 4.73. The van der Waals surface area contributed by atoms with Gasteiger partial charge in [-0.3, -0.25) is 0 Å². The number of methoxy groups -OCH3 is 3. The fourth-order valence-corrected chi connectivity index (χ4v) is 3.69. The van der Waals surface area contributed by atoms with Gasteiger partial charge in [-0.05, 0) is 12.8 Å². The number of aliphatic hydroxyl groups excluding tert-OH is 1. The first kappa shape index (κ1) is 15.6. The van der Waals surface area contributed by atoms with E-state index in [1.165, 1.54) is 0 Å². The van der Waals surface area contributed by atoms with Crippen molar-refractivity contribution in [3.05, 3.63) is 0 Å². The second kappa shape index (κ2) is 5.73. The van der Waals surface area contributed by atoms with Crippen LogP contribution in [0.25, 0.3) is 0 Å². The Morgan fingerprint density at radius 2 is 1.67 bits per heavy atom. The van der Waals surface area contributed by atoms with E-state index in [0.29, 0.717) is 12.8 Å². The van der Waals surface area contributed by atoms with Crippen molar-refractivity contribution >= 4 is 0 Å². The summed E-state index contributed by atoms with van der Waals surface area (Å²) in [6.07, 6.45) is 0.910. The van der Waals surface area contributed by atoms with E-state index < -0.39 is 36.2 Å². The number of hydrogen-bond acceptors (Lipinski definition) is 7. The molecule has 2 saturated heterocycles. The Morgan fingerprint density at radius 1 is 1.00 bits per heavy atom. The van der Waals surface area contributed by atoms with Crippen LogP contribution in [0.2, 0.25) is 0 Å². The Bertz CT molecular complexity index is 372. The Morgan fingerprint density at radius 3 is 2.33 bits per heavy atom. The second-order valence-corrected chi connectivity index (χ2v) is 5.79. The lowest BCUT2D eigenvalue weighted by molar-refractivity contribution is -0.390. The molecule has 7 nitrogen and oxygen atoms in total. The van der Waals surface area contributed by atoms with Gasteiger partial charge >= 0.3 is 0 Å². The topological polar surface area (TPSA) is 75.6 Å². The molecule has 0 aromatic carbocycles. The smallest absolute Gasteiger partial charge is 0.224 e. The minimum atomic E-state index is -1.03. The Kier molecular flexibility index (Phi) is 4.26. The largest absolute Gasteiger partial charge is 0.388 e. The van der Waals surface area contributed by atoms with Crippen LogP contribution in [0.15, 0.2) is 0 Å². The van der Waals surface area contributed by atoms with Crippen LogP contribution < -0.4 is 0 Å². The van der Waals surface area contributed by atoms with Gasteiger partial charge in [-0.25, -0.2) is 0 Å². The standard InChI is InChI=1S/C14H24O7/c1-16-12-11-10(9(15)8-19-12)20-14(21-11)7-5-4-6-13(14,17-2)18-3/h9-12,15H,4-8H2,1-3H3/t9-,10+,11+,12+,14?/m1/s1. The monoisotopic (exact) mass is 304 g/mol. The van der Waals surface area contributed by atoms with Crippen molar-refractivity contribution in [2.24, 2.45) is 0 Å². The summed E-state index contributed by atoms with van der Waals surface area (Å²) < 4.78 is 34.4. The number of hydrogen-bond donors (Lipinski definition) is 1. The van der Waals surface area contributed by atoms with E-state index in [2.05, 4.69) is 0 Å². The van der Waals surface area contributed by atoms with Crippen molar-refractivity contribution in [3.8, 4) is 0 Å². The number of ether oxygens (including phenoxy) is 6. The lowest BCUT2D eigenvalue weighted by Crippen LogP contribution is -2.60. The van der Waals surface area contributed by atoms with Crippen molar-refractivity contribution in [2.45, 2.75) is 61.9 Å². The fourth-order valence-electron chi connectivity index (χ4n) is 3.69. The molecule has 1 unspecified atom stereocenters. The summed E-state index contributed by atoms with van der Waals surface area (Å²) in [6, 6.07) is 0. The first-order valence-corrected chi connectivity index (χ1v) is 7.40. The normalized spacial score (nSPS) is 45.7. The molecule has 7 heteroatoms. The third-order valence-corrected chi connectivity index (χ3v) is 4.79. The van der Waals surface area contributed by atoms with Gasteiger partial charge in [-0.1, -0.05) is 0 Å². The summed E-state index contributed by atoms with van der Waals surface area (Å²) in [4.78, 5) is 0. The Hall–Kier alpha value is -0.280. The summed E-state index contributed by atoms with van der Waals surface area (Å²) in [5.41, 5.74) is 0. The first-order valence-electron chi connectivity index (χ1n) is 7.40. The summed E-state index contributed by atoms with van der Waals surface area (Å²) in [5, 5.41) is 10.2. The maximum Gasteiger partial charge on any atom is 0.224 e. The maximum absolute atomic E-state index is 10.2. The summed E-state index contributed by atoms with van der Waals surface area (Å²) in [6.45, 7) is 0.159. The predicted octanol–water partition coefficient (Wildman–Crippen LogP) is 0.393. The molecule has 3 rings (SSSR count). The quantitative estimate of drug-likeness (QED) is 0.756. The highest BCUT2D eigenvalue weighted by Gasteiger charge is 2.66. The molecule has 0 aromatic heterocycles. The van der Waals surface area contributed by atoms with Crippen molar-refractivity contribution in [3.63, 3.8) is 0 Å². The molecule has 122 valence electrons. The average molecular weight is 304 g/mol. The van der Waals surface area contributed by atoms with Gasteiger partial charge in [0.2, 0.25) is 11.6 Å². The minimum absolute atomic E-state index is 0.159. The van der Waals surface area contributed by atoms with Crippen molar-refractivity contribution < 1.29 is 33.5 Å². The molecule has 0 radical (unpaired) electrons. The van der Waals surface area contributed by atoms with Crippen LogP contribution in [0.3, 0.4) is 0 Å². The number of aliphatic hydroxyl groups is 1. The van der Waals surface area contributed by atoms with Crippen LogP contribution in [0.5, 0.6) is 0 Å². The SMILES string of the molecule is CO[C@H]1OC[C@@H](O)[C@@H]2OC3(CCCCC3(OC)OC)O[C@H]12. The van der Waals surface area contributed by atoms with E-state index >= 15 is 0 Å². The second-order valence-electron chi connectivity index (χ2n) is 5.79. The molecule has 3 fully saturated rings. The molecule has 5 atom stereocenters. The molecule has 2 heterocycles. The molecule has 1 N–H and O–H groups in total. The van der Waals surface area contributed by atoms with Crippen LogP contribution in [0, 0.1) is 0 Å². The van der Waals surface area contributed by atoms with Gasteiger partial charge < -0.3 is 33.5 Å². The molecule has 2 aliphatic heterocycles. The van der Waals surface area contributed by atoms with E-state index in [-0.39, 0.29) is 6.61 Å². The highest BCUT2D eigenvalue weighted by Crippen LogP contribution is 2.50. The lowest BCUT2D eigenvalue weighted by atomic mass is 9.87. The Labute approximate surface area is 124 Å². The molecule has 1 aliphatic carbocycles. The number of rotatable bonds is 3. The van der Waals surface area contributed by atoms with E-state index in [4.69, 9.17) is 28.4 Å². The van der Waals surface area contributed by atoms with Gasteiger partial charge in [0.1, 0.15) is 18.3 Å². The molecule has 21 heavy (non-hydrogen) atoms. The van der Waals surface area contributed by atoms with Crippen LogP contribution in [0.1, 0.15) is 25.7 Å². The van der Waals surface area contributed by atoms with E-state index in [9.17, 15) is 5.11 Å². The minimum Gasteiger partial charge on any atom is -0.388 e. The van der Waals surface area contributed by atoms with Gasteiger partial charge in [-0.2, -0.15) is 0 Å². The average Bonchev–Trinajstić information content (AvgIpc) is 2.90. The molecule has 3 aliphatic rings. The van der Waals surface area contributed by atoms with E-state index in [1.807, 2.05) is 0 Å². The molecular formula is C14H24O7. The van der Waals surface area contributed by atoms with E-state index in [1.54, 1.807) is 21.3 Å². The third-order valence-electron chi connectivity index (χ3n) is 4.79. The molecule has 1 saturated carbocycles. The van der Waals surface area contributed by atoms with Crippen molar-refractivity contribution in [1.82, 2.24) is 0 Å². The van der Waals surface area contributed by atoms with Crippen molar-refractivity contribution in [1.29, 1.82) is 0 Å². The zero-order chi connectivity index (χ0) is 15.1. The molecule has 0 amide bonds. The van der Waals surface area contributed by atoms with Crippen LogP contribution in [-0.2, 0) is 28.4 Å². The predicted molar refractivity (Wildman–Crippen MR) is 70.4 cm³/mol. The van der Waals surface area contributed by atoms with E-state index in [0.717, 1.165) is 12.8 Å². The van der Waals surface area contributed by atoms with Gasteiger partial charge in [0.05, 0.1) is 6.61 Å². The van der Waals surface area contributed by atoms with Gasteiger partial charge in [0.15, 0.2) is 6.29 Å². The number of fused-ring (bicyclic) bond motifs is 1. The summed E-state index contributed by atoms with van der Waals surface area (Å²) in [5.74, 6) is -2.00. The molecule has 0 aromatic rings. The van der Waals surface area contributed by atoms with Gasteiger partial charge in [0, 0.05) is 34.2 Å². The first-order chi connectivity index (χ1) is 10.1. The molecule has 0 bridgehead atoms. The molecular weight excluding hydrogens is 280 g/mol. The zero-order valence-electron chi connectivity index (χ0n) is 12.7. The van der Waals surface area contributed by atoms with Gasteiger partial charge in [-0.15, -0.1) is 0 Å². The summed E-state index contributed by atoms with van der Waals surface area (Å²) >= 11 is 0. The highest BCUT2D eigenvalue weighted by molar-refractivity contribution is 5.02. The third kappa shape index (κ3) is 2.23. The van der Waals surface area contributed by atoms with Crippen molar-refractivity contribution in [2.75, 3.05) is 27.9 Å². The van der Waals surface area contributed by atoms with Crippen LogP contribution in [0.4, 0.5) is 0 Å². The lowest BCUT2D eigenvalue weighted by Gasteiger charge is -2.47. The van der Waals surface area contributed by atoms with Gasteiger partial charge in [0.25, 0.3) is 0 Å². The van der Waals surface area contributed by atoms with Crippen LogP contribution >= 0.6 is 0 Å². The Balaban J connectivity index is 1.91. The zero-order valence-corrected chi connectivity index (χ0v) is 12.7. The molecule has 1 spiro atoms. The highest BCUT2D eigenvalue weighted by atomic mass is 16.8. The van der Waals surface area contributed by atoms with Crippen LogP contribution in [-0.4, -0.2) is 69.2 Å². The maximum atomic E-state index is 10.2.